The van der Waals surface area contributed by atoms with E-state index in [1.807, 2.05) is 18.2 Å². The summed E-state index contributed by atoms with van der Waals surface area (Å²) in [7, 11) is 0. The minimum Gasteiger partial charge on any atom is -0.379 e. The predicted octanol–water partition coefficient (Wildman–Crippen LogP) is 3.35. The number of hydrogen-bond donors (Lipinski definition) is 1. The molecule has 0 aliphatic carbocycles. The van der Waals surface area contributed by atoms with Gasteiger partial charge in [0.2, 0.25) is 0 Å². The molecule has 3 rings (SSSR count). The third kappa shape index (κ3) is 4.87. The molecule has 2 aromatic carbocycles. The number of morpholine rings is 1. The molecule has 25 heavy (non-hydrogen) atoms. The average molecular weight is 407 g/mol. The van der Waals surface area contributed by atoms with Crippen molar-refractivity contribution in [3.8, 4) is 0 Å². The number of ether oxygens (including phenoxy) is 1. The molecule has 0 aromatic heterocycles. The first-order valence-corrected chi connectivity index (χ1v) is 9.03. The Balaban J connectivity index is 1.66. The lowest BCUT2D eigenvalue weighted by atomic mass is 10.1. The van der Waals surface area contributed by atoms with Gasteiger partial charge < -0.3 is 10.1 Å². The molecule has 1 heterocycles. The summed E-state index contributed by atoms with van der Waals surface area (Å²) in [6, 6.07) is 12.1. The molecule has 1 aliphatic heterocycles. The smallest absolute Gasteiger partial charge is 0.252 e. The van der Waals surface area contributed by atoms with Crippen molar-refractivity contribution in [3.63, 3.8) is 0 Å². The first-order valence-electron chi connectivity index (χ1n) is 8.23. The maximum atomic E-state index is 13.4. The van der Waals surface area contributed by atoms with Gasteiger partial charge in [0, 0.05) is 30.7 Å². The molecule has 1 fully saturated rings. The quantitative estimate of drug-likeness (QED) is 0.827. The summed E-state index contributed by atoms with van der Waals surface area (Å²) >= 11 is 3.29. The number of nitrogens with one attached hydrogen (secondary N) is 1. The fourth-order valence-electron chi connectivity index (χ4n) is 2.83. The zero-order valence-electron chi connectivity index (χ0n) is 13.8. The van der Waals surface area contributed by atoms with Crippen molar-refractivity contribution < 1.29 is 13.9 Å². The van der Waals surface area contributed by atoms with Gasteiger partial charge >= 0.3 is 0 Å². The maximum absolute atomic E-state index is 13.4. The van der Waals surface area contributed by atoms with Gasteiger partial charge in [-0.15, -0.1) is 0 Å². The predicted molar refractivity (Wildman–Crippen MR) is 97.8 cm³/mol. The maximum Gasteiger partial charge on any atom is 0.252 e. The van der Waals surface area contributed by atoms with Crippen molar-refractivity contribution in [3.05, 3.63) is 69.4 Å². The molecular weight excluding hydrogens is 387 g/mol. The van der Waals surface area contributed by atoms with Gasteiger partial charge in [-0.1, -0.05) is 24.3 Å². The van der Waals surface area contributed by atoms with Gasteiger partial charge in [0.25, 0.3) is 5.91 Å². The van der Waals surface area contributed by atoms with Crippen LogP contribution in [0, 0.1) is 5.82 Å². The van der Waals surface area contributed by atoms with Crippen LogP contribution in [0.1, 0.15) is 21.5 Å². The van der Waals surface area contributed by atoms with Crippen LogP contribution >= 0.6 is 15.9 Å². The first kappa shape index (κ1) is 18.0. The van der Waals surface area contributed by atoms with Gasteiger partial charge in [-0.05, 0) is 45.3 Å². The molecule has 2 aromatic rings. The van der Waals surface area contributed by atoms with Gasteiger partial charge in [-0.2, -0.15) is 0 Å². The monoisotopic (exact) mass is 406 g/mol. The highest BCUT2D eigenvalue weighted by atomic mass is 79.9. The summed E-state index contributed by atoms with van der Waals surface area (Å²) in [5, 5.41) is 2.88. The Labute approximate surface area is 155 Å². The van der Waals surface area contributed by atoms with Gasteiger partial charge in [-0.3, -0.25) is 9.69 Å². The van der Waals surface area contributed by atoms with Crippen molar-refractivity contribution in [2.75, 3.05) is 26.3 Å². The molecular formula is C19H20BrFN2O2. The Morgan fingerprint density at radius 2 is 1.88 bits per heavy atom. The molecule has 1 amide bonds. The van der Waals surface area contributed by atoms with Crippen molar-refractivity contribution in [1.82, 2.24) is 10.2 Å². The van der Waals surface area contributed by atoms with E-state index in [4.69, 9.17) is 4.74 Å². The fourth-order valence-corrected chi connectivity index (χ4v) is 3.25. The van der Waals surface area contributed by atoms with Gasteiger partial charge in [0.05, 0.1) is 18.8 Å². The van der Waals surface area contributed by atoms with E-state index in [2.05, 4.69) is 32.2 Å². The van der Waals surface area contributed by atoms with Gasteiger partial charge in [0.1, 0.15) is 5.82 Å². The molecule has 0 unspecified atom stereocenters. The van der Waals surface area contributed by atoms with Crippen LogP contribution in [0.25, 0.3) is 0 Å². The number of halogens is 2. The van der Waals surface area contributed by atoms with Crippen LogP contribution in [0.4, 0.5) is 4.39 Å². The van der Waals surface area contributed by atoms with Crippen LogP contribution in [0.5, 0.6) is 0 Å². The van der Waals surface area contributed by atoms with E-state index in [0.29, 0.717) is 16.6 Å². The third-order valence-corrected chi connectivity index (χ3v) is 4.92. The first-order chi connectivity index (χ1) is 12.1. The number of carbonyl (C=O) groups is 1. The highest BCUT2D eigenvalue weighted by Gasteiger charge is 2.14. The van der Waals surface area contributed by atoms with E-state index in [-0.39, 0.29) is 5.91 Å². The standard InChI is InChI=1S/C19H20BrFN2O2/c20-18-6-5-16(21)11-17(18)19(24)22-12-14-3-1-2-4-15(14)13-23-7-9-25-10-8-23/h1-6,11H,7-10,12-13H2,(H,22,24). The van der Waals surface area contributed by atoms with Crippen LogP contribution in [0.3, 0.4) is 0 Å². The summed E-state index contributed by atoms with van der Waals surface area (Å²) in [4.78, 5) is 14.7. The number of nitrogens with zero attached hydrogens (tertiary/aromatic N) is 1. The van der Waals surface area contributed by atoms with Crippen molar-refractivity contribution in [2.24, 2.45) is 0 Å². The summed E-state index contributed by atoms with van der Waals surface area (Å²) in [5.41, 5.74) is 2.54. The molecule has 1 N–H and O–H groups in total. The fraction of sp³-hybridized carbons (Fsp3) is 0.316. The van der Waals surface area contributed by atoms with E-state index in [1.54, 1.807) is 0 Å². The summed E-state index contributed by atoms with van der Waals surface area (Å²) in [5.74, 6) is -0.728. The van der Waals surface area contributed by atoms with Crippen LogP contribution in [-0.4, -0.2) is 37.1 Å². The third-order valence-electron chi connectivity index (χ3n) is 4.23. The zero-order chi connectivity index (χ0) is 17.6. The minimum absolute atomic E-state index is 0.297. The Kier molecular flexibility index (Phi) is 6.18. The lowest BCUT2D eigenvalue weighted by Crippen LogP contribution is -2.36. The Morgan fingerprint density at radius 3 is 2.64 bits per heavy atom. The minimum atomic E-state index is -0.430. The number of hydrogen-bond acceptors (Lipinski definition) is 3. The topological polar surface area (TPSA) is 41.6 Å². The van der Waals surface area contributed by atoms with E-state index >= 15 is 0 Å². The second-order valence-corrected chi connectivity index (χ2v) is 6.82. The Hall–Kier alpha value is -1.76. The van der Waals surface area contributed by atoms with Crippen LogP contribution in [0.2, 0.25) is 0 Å². The van der Waals surface area contributed by atoms with Crippen molar-refractivity contribution in [2.45, 2.75) is 13.1 Å². The lowest BCUT2D eigenvalue weighted by molar-refractivity contribution is 0.0340. The number of benzene rings is 2. The SMILES string of the molecule is O=C(NCc1ccccc1CN1CCOCC1)c1cc(F)ccc1Br. The largest absolute Gasteiger partial charge is 0.379 e. The molecule has 0 spiro atoms. The van der Waals surface area contributed by atoms with Crippen LogP contribution in [-0.2, 0) is 17.8 Å². The van der Waals surface area contributed by atoms with Gasteiger partial charge in [0.15, 0.2) is 0 Å². The second kappa shape index (κ2) is 8.56. The zero-order valence-corrected chi connectivity index (χ0v) is 15.4. The van der Waals surface area contributed by atoms with E-state index in [0.717, 1.165) is 38.4 Å². The summed E-state index contributed by atoms with van der Waals surface area (Å²) in [6.07, 6.45) is 0. The van der Waals surface area contributed by atoms with Gasteiger partial charge in [-0.25, -0.2) is 4.39 Å². The molecule has 0 radical (unpaired) electrons. The molecule has 4 nitrogen and oxygen atoms in total. The molecule has 0 bridgehead atoms. The molecule has 6 heteroatoms. The molecule has 1 saturated heterocycles. The second-order valence-electron chi connectivity index (χ2n) is 5.96. The van der Waals surface area contributed by atoms with E-state index < -0.39 is 5.82 Å². The number of amides is 1. The Bertz CT molecular complexity index is 748. The van der Waals surface area contributed by atoms with Crippen molar-refractivity contribution >= 4 is 21.8 Å². The molecule has 1 aliphatic rings. The number of carbonyl (C=O) groups excluding carboxylic acids is 1. The average Bonchev–Trinajstić information content (AvgIpc) is 2.63. The van der Waals surface area contributed by atoms with E-state index in [9.17, 15) is 9.18 Å². The summed E-state index contributed by atoms with van der Waals surface area (Å²) < 4.78 is 19.3. The van der Waals surface area contributed by atoms with E-state index in [1.165, 1.54) is 23.8 Å². The highest BCUT2D eigenvalue weighted by Crippen LogP contribution is 2.18. The Morgan fingerprint density at radius 1 is 1.16 bits per heavy atom. The molecule has 0 atom stereocenters. The molecule has 0 saturated carbocycles. The molecule has 132 valence electrons. The van der Waals surface area contributed by atoms with Crippen molar-refractivity contribution in [1.29, 1.82) is 0 Å². The number of rotatable bonds is 5. The highest BCUT2D eigenvalue weighted by molar-refractivity contribution is 9.10. The van der Waals surface area contributed by atoms with Crippen LogP contribution < -0.4 is 5.32 Å². The lowest BCUT2D eigenvalue weighted by Gasteiger charge is -2.27. The normalized spacial score (nSPS) is 15.1. The summed E-state index contributed by atoms with van der Waals surface area (Å²) in [6.45, 7) is 4.58. The van der Waals surface area contributed by atoms with Crippen LogP contribution in [0.15, 0.2) is 46.9 Å².